The van der Waals surface area contributed by atoms with Gasteiger partial charge in [-0.05, 0) is 31.4 Å². The molecule has 6 heteroatoms. The van der Waals surface area contributed by atoms with Crippen molar-refractivity contribution in [3.05, 3.63) is 29.6 Å². The van der Waals surface area contributed by atoms with Gasteiger partial charge in [-0.25, -0.2) is 4.98 Å². The van der Waals surface area contributed by atoms with E-state index in [1.807, 2.05) is 4.90 Å². The van der Waals surface area contributed by atoms with Crippen LogP contribution in [0.2, 0.25) is 0 Å². The van der Waals surface area contributed by atoms with Gasteiger partial charge in [0.2, 0.25) is 0 Å². The zero-order valence-corrected chi connectivity index (χ0v) is 13.7. The third-order valence-corrected chi connectivity index (χ3v) is 3.90. The summed E-state index contributed by atoms with van der Waals surface area (Å²) < 4.78 is 4.94. The van der Waals surface area contributed by atoms with Gasteiger partial charge in [0.25, 0.3) is 11.8 Å². The summed E-state index contributed by atoms with van der Waals surface area (Å²) in [6.45, 7) is 2.67. The predicted octanol–water partition coefficient (Wildman–Crippen LogP) is 1.86. The molecule has 1 aliphatic heterocycles. The van der Waals surface area contributed by atoms with E-state index in [0.29, 0.717) is 18.8 Å². The molecule has 0 radical (unpaired) electrons. The summed E-state index contributed by atoms with van der Waals surface area (Å²) >= 11 is 0. The number of methoxy groups -OCH3 is 1. The van der Waals surface area contributed by atoms with Crippen molar-refractivity contribution in [1.82, 2.24) is 15.2 Å². The molecule has 0 bridgehead atoms. The molecule has 0 aliphatic carbocycles. The van der Waals surface area contributed by atoms with Gasteiger partial charge in [-0.3, -0.25) is 9.59 Å². The van der Waals surface area contributed by atoms with E-state index < -0.39 is 0 Å². The topological polar surface area (TPSA) is 71.5 Å². The van der Waals surface area contributed by atoms with Gasteiger partial charge < -0.3 is 15.0 Å². The van der Waals surface area contributed by atoms with E-state index in [1.54, 1.807) is 25.3 Å². The Labute approximate surface area is 137 Å². The SMILES string of the molecule is COCCCNC(=O)c1cccc(C(=O)N2CCCCCC2)n1. The van der Waals surface area contributed by atoms with E-state index in [2.05, 4.69) is 10.3 Å². The average Bonchev–Trinajstić information content (AvgIpc) is 2.87. The first kappa shape index (κ1) is 17.4. The summed E-state index contributed by atoms with van der Waals surface area (Å²) in [4.78, 5) is 30.7. The van der Waals surface area contributed by atoms with Crippen molar-refractivity contribution >= 4 is 11.8 Å². The average molecular weight is 319 g/mol. The number of nitrogens with one attached hydrogen (secondary N) is 1. The van der Waals surface area contributed by atoms with Gasteiger partial charge in [0.1, 0.15) is 11.4 Å². The number of ether oxygens (including phenoxy) is 1. The van der Waals surface area contributed by atoms with Crippen LogP contribution in [0.1, 0.15) is 53.1 Å². The smallest absolute Gasteiger partial charge is 0.272 e. The van der Waals surface area contributed by atoms with Crippen LogP contribution in [-0.2, 0) is 4.74 Å². The third-order valence-electron chi connectivity index (χ3n) is 3.90. The molecule has 126 valence electrons. The van der Waals surface area contributed by atoms with Crippen LogP contribution in [0.5, 0.6) is 0 Å². The Hall–Kier alpha value is -1.95. The summed E-state index contributed by atoms with van der Waals surface area (Å²) in [5.41, 5.74) is 0.625. The van der Waals surface area contributed by atoms with Crippen LogP contribution < -0.4 is 5.32 Å². The summed E-state index contributed by atoms with van der Waals surface area (Å²) in [6, 6.07) is 5.02. The number of likely N-dealkylation sites (tertiary alicyclic amines) is 1. The molecule has 2 heterocycles. The standard InChI is InChI=1S/C17H25N3O3/c1-23-13-7-10-18-16(21)14-8-6-9-15(19-14)17(22)20-11-4-2-3-5-12-20/h6,8-9H,2-5,7,10-13H2,1H3,(H,18,21). The van der Waals surface area contributed by atoms with Crippen LogP contribution in [0.15, 0.2) is 18.2 Å². The minimum Gasteiger partial charge on any atom is -0.385 e. The Morgan fingerprint density at radius 3 is 2.57 bits per heavy atom. The maximum atomic E-state index is 12.5. The van der Waals surface area contributed by atoms with Gasteiger partial charge in [-0.15, -0.1) is 0 Å². The second-order valence-corrected chi connectivity index (χ2v) is 5.72. The largest absolute Gasteiger partial charge is 0.385 e. The molecule has 1 aromatic rings. The van der Waals surface area contributed by atoms with E-state index in [-0.39, 0.29) is 17.5 Å². The molecule has 2 rings (SSSR count). The first-order valence-corrected chi connectivity index (χ1v) is 8.26. The molecule has 6 nitrogen and oxygen atoms in total. The molecule has 0 spiro atoms. The number of hydrogen-bond donors (Lipinski definition) is 1. The maximum absolute atomic E-state index is 12.5. The van der Waals surface area contributed by atoms with Crippen LogP contribution in [0, 0.1) is 0 Å². The van der Waals surface area contributed by atoms with Gasteiger partial charge in [0, 0.05) is 33.4 Å². The van der Waals surface area contributed by atoms with Crippen LogP contribution in [-0.4, -0.2) is 55.0 Å². The third kappa shape index (κ3) is 5.32. The Morgan fingerprint density at radius 1 is 1.17 bits per heavy atom. The van der Waals surface area contributed by atoms with E-state index >= 15 is 0 Å². The van der Waals surface area contributed by atoms with Crippen LogP contribution in [0.4, 0.5) is 0 Å². The van der Waals surface area contributed by atoms with Gasteiger partial charge in [0.15, 0.2) is 0 Å². The first-order chi connectivity index (χ1) is 11.2. The lowest BCUT2D eigenvalue weighted by Crippen LogP contribution is -2.33. The van der Waals surface area contributed by atoms with E-state index in [1.165, 1.54) is 12.8 Å². The van der Waals surface area contributed by atoms with Crippen molar-refractivity contribution in [3.8, 4) is 0 Å². The number of amides is 2. The molecule has 23 heavy (non-hydrogen) atoms. The quantitative estimate of drug-likeness (QED) is 0.813. The Balaban J connectivity index is 1.97. The highest BCUT2D eigenvalue weighted by atomic mass is 16.5. The highest BCUT2D eigenvalue weighted by Crippen LogP contribution is 2.12. The van der Waals surface area contributed by atoms with Crippen LogP contribution in [0.25, 0.3) is 0 Å². The second kappa shape index (κ2) is 9.25. The normalized spacial score (nSPS) is 15.1. The molecule has 1 fully saturated rings. The fraction of sp³-hybridized carbons (Fsp3) is 0.588. The van der Waals surface area contributed by atoms with Crippen molar-refractivity contribution in [2.24, 2.45) is 0 Å². The second-order valence-electron chi connectivity index (χ2n) is 5.72. The van der Waals surface area contributed by atoms with Gasteiger partial charge in [-0.1, -0.05) is 18.9 Å². The number of rotatable bonds is 6. The minimum absolute atomic E-state index is 0.0825. The lowest BCUT2D eigenvalue weighted by Gasteiger charge is -2.19. The summed E-state index contributed by atoms with van der Waals surface area (Å²) in [5, 5.41) is 2.78. The van der Waals surface area contributed by atoms with Crippen molar-refractivity contribution in [3.63, 3.8) is 0 Å². The molecule has 2 amide bonds. The van der Waals surface area contributed by atoms with E-state index in [4.69, 9.17) is 4.74 Å². The molecule has 1 saturated heterocycles. The number of carbonyl (C=O) groups excluding carboxylic acids is 2. The fourth-order valence-corrected chi connectivity index (χ4v) is 2.63. The molecule has 1 N–H and O–H groups in total. The summed E-state index contributed by atoms with van der Waals surface area (Å²) in [6.07, 6.45) is 5.15. The number of pyridine rings is 1. The van der Waals surface area contributed by atoms with Gasteiger partial charge in [0.05, 0.1) is 0 Å². The number of hydrogen-bond acceptors (Lipinski definition) is 4. The van der Waals surface area contributed by atoms with Crippen molar-refractivity contribution in [2.45, 2.75) is 32.1 Å². The van der Waals surface area contributed by atoms with Crippen molar-refractivity contribution < 1.29 is 14.3 Å². The van der Waals surface area contributed by atoms with Crippen molar-refractivity contribution in [1.29, 1.82) is 0 Å². The van der Waals surface area contributed by atoms with Crippen molar-refractivity contribution in [2.75, 3.05) is 33.4 Å². The van der Waals surface area contributed by atoms with Crippen LogP contribution in [0.3, 0.4) is 0 Å². The molecule has 1 aromatic heterocycles. The Morgan fingerprint density at radius 2 is 1.87 bits per heavy atom. The summed E-state index contributed by atoms with van der Waals surface area (Å²) in [5.74, 6) is -0.340. The molecule has 0 atom stereocenters. The van der Waals surface area contributed by atoms with E-state index in [9.17, 15) is 9.59 Å². The molecule has 0 unspecified atom stereocenters. The molecule has 0 aromatic carbocycles. The molecule has 0 saturated carbocycles. The van der Waals surface area contributed by atoms with Crippen LogP contribution >= 0.6 is 0 Å². The lowest BCUT2D eigenvalue weighted by atomic mass is 10.2. The maximum Gasteiger partial charge on any atom is 0.272 e. The Kier molecular flexibility index (Phi) is 7.00. The molecule has 1 aliphatic rings. The fourth-order valence-electron chi connectivity index (χ4n) is 2.63. The lowest BCUT2D eigenvalue weighted by molar-refractivity contribution is 0.0755. The number of aromatic nitrogens is 1. The number of nitrogens with zero attached hydrogens (tertiary/aromatic N) is 2. The molecular formula is C17H25N3O3. The number of carbonyl (C=O) groups is 2. The zero-order valence-electron chi connectivity index (χ0n) is 13.7. The molecular weight excluding hydrogens is 294 g/mol. The Bertz CT molecular complexity index is 526. The van der Waals surface area contributed by atoms with Gasteiger partial charge in [-0.2, -0.15) is 0 Å². The van der Waals surface area contributed by atoms with Gasteiger partial charge >= 0.3 is 0 Å². The summed E-state index contributed by atoms with van der Waals surface area (Å²) in [7, 11) is 1.63. The monoisotopic (exact) mass is 319 g/mol. The highest BCUT2D eigenvalue weighted by molar-refractivity contribution is 5.96. The van der Waals surface area contributed by atoms with E-state index in [0.717, 1.165) is 32.4 Å². The zero-order chi connectivity index (χ0) is 16.5. The first-order valence-electron chi connectivity index (χ1n) is 8.26. The highest BCUT2D eigenvalue weighted by Gasteiger charge is 2.19. The minimum atomic E-state index is -0.258. The predicted molar refractivity (Wildman–Crippen MR) is 87.4 cm³/mol.